The van der Waals surface area contributed by atoms with Crippen LogP contribution in [0.4, 0.5) is 0 Å². The van der Waals surface area contributed by atoms with Gasteiger partial charge in [-0.2, -0.15) is 0 Å². The zero-order valence-corrected chi connectivity index (χ0v) is 13.6. The van der Waals surface area contributed by atoms with Crippen LogP contribution in [0.5, 0.6) is 0 Å². The van der Waals surface area contributed by atoms with Crippen LogP contribution >= 0.6 is 0 Å². The van der Waals surface area contributed by atoms with Crippen molar-refractivity contribution in [3.05, 3.63) is 0 Å². The topological polar surface area (TPSA) is 15.3 Å². The van der Waals surface area contributed by atoms with Crippen LogP contribution in [0.15, 0.2) is 0 Å². The third-order valence-electron chi connectivity index (χ3n) is 4.63. The van der Waals surface area contributed by atoms with Gasteiger partial charge in [0.2, 0.25) is 0 Å². The van der Waals surface area contributed by atoms with Crippen LogP contribution in [0, 0.1) is 17.3 Å². The largest absolute Gasteiger partial charge is 0.315 e. The summed E-state index contributed by atoms with van der Waals surface area (Å²) in [5.41, 5.74) is 0.454. The average molecular weight is 254 g/mol. The van der Waals surface area contributed by atoms with E-state index in [2.05, 4.69) is 58.9 Å². The van der Waals surface area contributed by atoms with E-state index in [-0.39, 0.29) is 0 Å². The molecule has 0 saturated heterocycles. The Kier molecular flexibility index (Phi) is 5.67. The van der Waals surface area contributed by atoms with Crippen molar-refractivity contribution in [3.63, 3.8) is 0 Å². The Morgan fingerprint density at radius 2 is 1.83 bits per heavy atom. The van der Waals surface area contributed by atoms with Gasteiger partial charge in [-0.25, -0.2) is 0 Å². The molecule has 0 amide bonds. The molecule has 0 aromatic heterocycles. The van der Waals surface area contributed by atoms with E-state index < -0.39 is 0 Å². The monoisotopic (exact) mass is 254 g/mol. The minimum atomic E-state index is 0.454. The molecule has 1 aliphatic carbocycles. The summed E-state index contributed by atoms with van der Waals surface area (Å²) < 4.78 is 0. The van der Waals surface area contributed by atoms with Crippen LogP contribution in [-0.4, -0.2) is 37.6 Å². The Labute approximate surface area is 115 Å². The highest BCUT2D eigenvalue weighted by molar-refractivity contribution is 4.93. The normalized spacial score (nSPS) is 30.2. The van der Waals surface area contributed by atoms with E-state index in [1.807, 2.05) is 0 Å². The quantitative estimate of drug-likeness (QED) is 0.827. The summed E-state index contributed by atoms with van der Waals surface area (Å²) in [5.74, 6) is 1.62. The zero-order valence-electron chi connectivity index (χ0n) is 13.6. The van der Waals surface area contributed by atoms with Crippen LogP contribution in [-0.2, 0) is 0 Å². The van der Waals surface area contributed by atoms with Crippen molar-refractivity contribution in [2.24, 2.45) is 17.3 Å². The van der Waals surface area contributed by atoms with E-state index in [0.717, 1.165) is 11.8 Å². The number of rotatable bonds is 4. The maximum absolute atomic E-state index is 3.54. The Morgan fingerprint density at radius 3 is 2.28 bits per heavy atom. The second-order valence-electron chi connectivity index (χ2n) is 7.67. The van der Waals surface area contributed by atoms with Crippen molar-refractivity contribution in [1.82, 2.24) is 10.2 Å². The molecule has 1 saturated carbocycles. The van der Waals surface area contributed by atoms with Crippen molar-refractivity contribution in [1.29, 1.82) is 0 Å². The van der Waals surface area contributed by atoms with Crippen LogP contribution in [0.25, 0.3) is 0 Å². The lowest BCUT2D eigenvalue weighted by Crippen LogP contribution is -2.53. The lowest BCUT2D eigenvalue weighted by molar-refractivity contribution is 0.0691. The van der Waals surface area contributed by atoms with Gasteiger partial charge in [-0.3, -0.25) is 0 Å². The molecule has 108 valence electrons. The first-order valence-electron chi connectivity index (χ1n) is 7.63. The fourth-order valence-electron chi connectivity index (χ4n) is 3.47. The summed E-state index contributed by atoms with van der Waals surface area (Å²) >= 11 is 0. The highest BCUT2D eigenvalue weighted by atomic mass is 15.2. The van der Waals surface area contributed by atoms with E-state index in [1.165, 1.54) is 25.8 Å². The molecule has 0 spiro atoms. The van der Waals surface area contributed by atoms with Crippen LogP contribution in [0.1, 0.15) is 53.9 Å². The summed E-state index contributed by atoms with van der Waals surface area (Å²) in [5, 5.41) is 3.54. The van der Waals surface area contributed by atoms with Gasteiger partial charge in [0.05, 0.1) is 0 Å². The van der Waals surface area contributed by atoms with Crippen LogP contribution in [0.2, 0.25) is 0 Å². The van der Waals surface area contributed by atoms with Crippen molar-refractivity contribution in [3.8, 4) is 0 Å². The maximum Gasteiger partial charge on any atom is 0.0249 e. The fraction of sp³-hybridized carbons (Fsp3) is 1.00. The molecule has 0 heterocycles. The number of nitrogens with zero attached hydrogens (tertiary/aromatic N) is 1. The third-order valence-corrected chi connectivity index (χ3v) is 4.63. The Bertz CT molecular complexity index is 242. The number of likely N-dealkylation sites (N-methyl/N-ethyl adjacent to an activating group) is 2. The second kappa shape index (κ2) is 6.38. The molecule has 3 atom stereocenters. The second-order valence-corrected chi connectivity index (χ2v) is 7.67. The molecule has 3 unspecified atom stereocenters. The highest BCUT2D eigenvalue weighted by Gasteiger charge is 2.36. The molecule has 0 aromatic rings. The van der Waals surface area contributed by atoms with Gasteiger partial charge in [-0.1, -0.05) is 34.6 Å². The number of hydrogen-bond acceptors (Lipinski definition) is 2. The minimum absolute atomic E-state index is 0.454. The van der Waals surface area contributed by atoms with E-state index in [9.17, 15) is 0 Å². The van der Waals surface area contributed by atoms with Gasteiger partial charge in [-0.15, -0.1) is 0 Å². The van der Waals surface area contributed by atoms with E-state index >= 15 is 0 Å². The predicted molar refractivity (Wildman–Crippen MR) is 80.9 cm³/mol. The Balaban J connectivity index is 2.70. The smallest absolute Gasteiger partial charge is 0.0249 e. The van der Waals surface area contributed by atoms with Crippen molar-refractivity contribution < 1.29 is 0 Å². The minimum Gasteiger partial charge on any atom is -0.315 e. The first kappa shape index (κ1) is 16.0. The van der Waals surface area contributed by atoms with Crippen molar-refractivity contribution >= 4 is 0 Å². The fourth-order valence-corrected chi connectivity index (χ4v) is 3.47. The molecule has 1 aliphatic rings. The molecule has 2 heteroatoms. The molecule has 0 aliphatic heterocycles. The summed E-state index contributed by atoms with van der Waals surface area (Å²) in [6, 6.07) is 1.38. The highest BCUT2D eigenvalue weighted by Crippen LogP contribution is 2.39. The van der Waals surface area contributed by atoms with Crippen LogP contribution in [0.3, 0.4) is 0 Å². The van der Waals surface area contributed by atoms with Gasteiger partial charge in [0.25, 0.3) is 0 Å². The molecule has 2 nitrogen and oxygen atoms in total. The lowest BCUT2D eigenvalue weighted by atomic mass is 9.69. The third kappa shape index (κ3) is 4.24. The predicted octanol–water partition coefficient (Wildman–Crippen LogP) is 3.38. The van der Waals surface area contributed by atoms with Gasteiger partial charge < -0.3 is 10.2 Å². The van der Waals surface area contributed by atoms with Gasteiger partial charge in [-0.05, 0) is 50.6 Å². The summed E-state index contributed by atoms with van der Waals surface area (Å²) in [6.45, 7) is 13.0. The molecular weight excluding hydrogens is 220 g/mol. The molecule has 1 rings (SSSR count). The van der Waals surface area contributed by atoms with E-state index in [4.69, 9.17) is 0 Å². The van der Waals surface area contributed by atoms with Gasteiger partial charge >= 0.3 is 0 Å². The van der Waals surface area contributed by atoms with Crippen molar-refractivity contribution in [2.45, 2.75) is 66.0 Å². The molecular formula is C16H34N2. The lowest BCUT2D eigenvalue weighted by Gasteiger charge is -2.45. The summed E-state index contributed by atoms with van der Waals surface area (Å²) in [4.78, 5) is 2.59. The summed E-state index contributed by atoms with van der Waals surface area (Å²) in [7, 11) is 4.43. The van der Waals surface area contributed by atoms with E-state index in [1.54, 1.807) is 0 Å². The first-order chi connectivity index (χ1) is 8.25. The Morgan fingerprint density at radius 1 is 1.22 bits per heavy atom. The average Bonchev–Trinajstić information content (AvgIpc) is 2.26. The Hall–Kier alpha value is -0.0800. The molecule has 0 radical (unpaired) electrons. The molecule has 1 N–H and O–H groups in total. The maximum atomic E-state index is 3.54. The zero-order chi connectivity index (χ0) is 13.9. The molecule has 0 bridgehead atoms. The van der Waals surface area contributed by atoms with E-state index in [0.29, 0.717) is 17.5 Å². The van der Waals surface area contributed by atoms with Gasteiger partial charge in [0.15, 0.2) is 0 Å². The molecule has 0 aromatic carbocycles. The first-order valence-corrected chi connectivity index (χ1v) is 7.63. The molecule has 18 heavy (non-hydrogen) atoms. The van der Waals surface area contributed by atoms with Gasteiger partial charge in [0, 0.05) is 18.6 Å². The molecule has 1 fully saturated rings. The standard InChI is InChI=1S/C16H34N2/c1-12(2)11-18(7)15-10-13(16(3,4)5)8-9-14(15)17-6/h12-15,17H,8-11H2,1-7H3. The number of hydrogen-bond donors (Lipinski definition) is 1. The number of nitrogens with one attached hydrogen (secondary N) is 1. The summed E-state index contributed by atoms with van der Waals surface area (Å²) in [6.07, 6.45) is 4.05. The van der Waals surface area contributed by atoms with Crippen LogP contribution < -0.4 is 5.32 Å². The van der Waals surface area contributed by atoms with Gasteiger partial charge in [0.1, 0.15) is 0 Å². The SMILES string of the molecule is CNC1CCC(C(C)(C)C)CC1N(C)CC(C)C. The van der Waals surface area contributed by atoms with Crippen molar-refractivity contribution in [2.75, 3.05) is 20.6 Å².